The number of rotatable bonds is 2. The lowest BCUT2D eigenvalue weighted by Crippen LogP contribution is -2.00. The number of benzene rings is 2. The van der Waals surface area contributed by atoms with Crippen LogP contribution >= 0.6 is 11.3 Å². The van der Waals surface area contributed by atoms with Crippen LogP contribution in [0.5, 0.6) is 0 Å². The summed E-state index contributed by atoms with van der Waals surface area (Å²) in [4.78, 5) is 1.18. The van der Waals surface area contributed by atoms with Gasteiger partial charge in [0.1, 0.15) is 6.10 Å². The number of aliphatic hydroxyl groups excluding tert-OH is 1. The maximum absolute atomic E-state index is 10.6. The molecule has 1 unspecified atom stereocenters. The second kappa shape index (κ2) is 4.56. The van der Waals surface area contributed by atoms with Gasteiger partial charge in [0, 0.05) is 4.88 Å². The van der Waals surface area contributed by atoms with Crippen LogP contribution < -0.4 is 0 Å². The first-order valence-corrected chi connectivity index (χ1v) is 6.85. The minimum absolute atomic E-state index is 0.539. The minimum atomic E-state index is -0.539. The first kappa shape index (κ1) is 11.5. The van der Waals surface area contributed by atoms with Crippen molar-refractivity contribution in [2.45, 2.75) is 13.0 Å². The maximum atomic E-state index is 10.6. The third-order valence-electron chi connectivity index (χ3n) is 3.31. The largest absolute Gasteiger partial charge is 0.384 e. The Kier molecular flexibility index (Phi) is 2.90. The third-order valence-corrected chi connectivity index (χ3v) is 4.17. The molecule has 0 aliphatic rings. The van der Waals surface area contributed by atoms with Gasteiger partial charge < -0.3 is 5.11 Å². The molecule has 0 radical (unpaired) electrons. The summed E-state index contributed by atoms with van der Waals surface area (Å²) in [6.07, 6.45) is -0.539. The zero-order chi connectivity index (χ0) is 12.5. The molecule has 1 N–H and O–H groups in total. The van der Waals surface area contributed by atoms with Crippen LogP contribution in [-0.2, 0) is 0 Å². The maximum Gasteiger partial charge on any atom is 0.106 e. The van der Waals surface area contributed by atoms with Crippen LogP contribution in [0.2, 0.25) is 0 Å². The van der Waals surface area contributed by atoms with Crippen molar-refractivity contribution in [1.82, 2.24) is 0 Å². The van der Waals surface area contributed by atoms with Gasteiger partial charge >= 0.3 is 0 Å². The van der Waals surface area contributed by atoms with E-state index in [0.717, 1.165) is 16.5 Å². The topological polar surface area (TPSA) is 20.2 Å². The van der Waals surface area contributed by atoms with Crippen LogP contribution in [0.3, 0.4) is 0 Å². The van der Waals surface area contributed by atoms with E-state index in [-0.39, 0.29) is 0 Å². The van der Waals surface area contributed by atoms with Gasteiger partial charge in [0.2, 0.25) is 0 Å². The van der Waals surface area contributed by atoms with E-state index in [1.807, 2.05) is 42.6 Å². The number of hydrogen-bond acceptors (Lipinski definition) is 2. The normalized spacial score (nSPS) is 12.8. The zero-order valence-electron chi connectivity index (χ0n) is 10.1. The van der Waals surface area contributed by atoms with Crippen molar-refractivity contribution in [1.29, 1.82) is 0 Å². The number of thiophene rings is 1. The molecular formula is C16H14OS. The summed E-state index contributed by atoms with van der Waals surface area (Å²) in [5.41, 5.74) is 1.99. The molecule has 0 amide bonds. The molecule has 18 heavy (non-hydrogen) atoms. The fourth-order valence-corrected chi connectivity index (χ4v) is 3.07. The van der Waals surface area contributed by atoms with Crippen molar-refractivity contribution in [3.05, 3.63) is 69.9 Å². The van der Waals surface area contributed by atoms with Crippen molar-refractivity contribution in [2.24, 2.45) is 0 Å². The Labute approximate surface area is 110 Å². The average Bonchev–Trinajstić information content (AvgIpc) is 2.83. The minimum Gasteiger partial charge on any atom is -0.384 e. The van der Waals surface area contributed by atoms with Crippen LogP contribution in [-0.4, -0.2) is 5.11 Å². The van der Waals surface area contributed by atoms with Gasteiger partial charge in [-0.15, -0.1) is 11.3 Å². The molecule has 0 aliphatic carbocycles. The van der Waals surface area contributed by atoms with Gasteiger partial charge in [-0.3, -0.25) is 0 Å². The molecule has 0 saturated heterocycles. The summed E-state index contributed by atoms with van der Waals surface area (Å²) in [5, 5.41) is 14.9. The number of hydrogen-bond donors (Lipinski definition) is 1. The summed E-state index contributed by atoms with van der Waals surface area (Å²) >= 11 is 1.67. The molecule has 1 heterocycles. The van der Waals surface area contributed by atoms with Gasteiger partial charge in [0.25, 0.3) is 0 Å². The SMILES string of the molecule is Cc1sccc1C(O)c1cccc2ccccc12. The summed E-state index contributed by atoms with van der Waals surface area (Å²) in [5.74, 6) is 0. The zero-order valence-corrected chi connectivity index (χ0v) is 10.9. The van der Waals surface area contributed by atoms with Crippen molar-refractivity contribution in [2.75, 3.05) is 0 Å². The average molecular weight is 254 g/mol. The molecule has 3 rings (SSSR count). The Balaban J connectivity index is 2.18. The molecule has 1 aromatic heterocycles. The fraction of sp³-hybridized carbons (Fsp3) is 0.125. The lowest BCUT2D eigenvalue weighted by Gasteiger charge is -2.13. The van der Waals surface area contributed by atoms with E-state index in [9.17, 15) is 5.11 Å². The molecule has 2 aromatic carbocycles. The van der Waals surface area contributed by atoms with Crippen LogP contribution in [0, 0.1) is 6.92 Å². The van der Waals surface area contributed by atoms with Gasteiger partial charge in [-0.2, -0.15) is 0 Å². The highest BCUT2D eigenvalue weighted by Gasteiger charge is 2.15. The fourth-order valence-electron chi connectivity index (χ4n) is 2.33. The second-order valence-corrected chi connectivity index (χ2v) is 5.52. The number of fused-ring (bicyclic) bond motifs is 1. The van der Waals surface area contributed by atoms with Crippen molar-refractivity contribution < 1.29 is 5.11 Å². The van der Waals surface area contributed by atoms with Gasteiger partial charge in [0.05, 0.1) is 0 Å². The van der Waals surface area contributed by atoms with E-state index in [4.69, 9.17) is 0 Å². The molecule has 0 fully saturated rings. The molecule has 3 aromatic rings. The first-order valence-electron chi connectivity index (χ1n) is 5.97. The number of aryl methyl sites for hydroxylation is 1. The molecule has 2 heteroatoms. The van der Waals surface area contributed by atoms with Gasteiger partial charge in [-0.05, 0) is 40.3 Å². The Morgan fingerprint density at radius 2 is 1.72 bits per heavy atom. The predicted molar refractivity (Wildman–Crippen MR) is 77.1 cm³/mol. The molecule has 0 saturated carbocycles. The van der Waals surface area contributed by atoms with Crippen molar-refractivity contribution in [3.63, 3.8) is 0 Å². The molecule has 0 spiro atoms. The first-order chi connectivity index (χ1) is 8.77. The Bertz CT molecular complexity index is 679. The molecule has 1 nitrogen and oxygen atoms in total. The smallest absolute Gasteiger partial charge is 0.106 e. The highest BCUT2D eigenvalue weighted by atomic mass is 32.1. The Morgan fingerprint density at radius 1 is 0.944 bits per heavy atom. The molecule has 0 aliphatic heterocycles. The van der Waals surface area contributed by atoms with E-state index < -0.39 is 6.10 Å². The molecule has 90 valence electrons. The molecule has 0 bridgehead atoms. The highest BCUT2D eigenvalue weighted by Crippen LogP contribution is 2.32. The number of aliphatic hydroxyl groups is 1. The summed E-state index contributed by atoms with van der Waals surface area (Å²) in [6, 6.07) is 16.3. The molecular weight excluding hydrogens is 240 g/mol. The summed E-state index contributed by atoms with van der Waals surface area (Å²) in [6.45, 7) is 2.05. The summed E-state index contributed by atoms with van der Waals surface area (Å²) < 4.78 is 0. The van der Waals surface area contributed by atoms with Crippen LogP contribution in [0.4, 0.5) is 0 Å². The van der Waals surface area contributed by atoms with Crippen molar-refractivity contribution in [3.8, 4) is 0 Å². The Morgan fingerprint density at radius 3 is 2.50 bits per heavy atom. The van der Waals surface area contributed by atoms with Crippen LogP contribution in [0.1, 0.15) is 22.1 Å². The molecule has 1 atom stereocenters. The van der Waals surface area contributed by atoms with E-state index in [2.05, 4.69) is 18.2 Å². The highest BCUT2D eigenvalue weighted by molar-refractivity contribution is 7.10. The van der Waals surface area contributed by atoms with E-state index in [1.54, 1.807) is 11.3 Å². The monoisotopic (exact) mass is 254 g/mol. The van der Waals surface area contributed by atoms with Gasteiger partial charge in [-0.25, -0.2) is 0 Å². The van der Waals surface area contributed by atoms with E-state index >= 15 is 0 Å². The second-order valence-electron chi connectivity index (χ2n) is 4.40. The standard InChI is InChI=1S/C16H14OS/c1-11-13(9-10-18-11)16(17)15-8-4-6-12-5-2-3-7-14(12)15/h2-10,16-17H,1H3. The lowest BCUT2D eigenvalue weighted by atomic mass is 9.96. The van der Waals surface area contributed by atoms with E-state index in [0.29, 0.717) is 0 Å². The van der Waals surface area contributed by atoms with Gasteiger partial charge in [-0.1, -0.05) is 42.5 Å². The van der Waals surface area contributed by atoms with Crippen LogP contribution in [0.15, 0.2) is 53.9 Å². The predicted octanol–water partition coefficient (Wildman–Crippen LogP) is 4.29. The van der Waals surface area contributed by atoms with Gasteiger partial charge in [0.15, 0.2) is 0 Å². The van der Waals surface area contributed by atoms with Crippen molar-refractivity contribution >= 4 is 22.1 Å². The summed E-state index contributed by atoms with van der Waals surface area (Å²) in [7, 11) is 0. The van der Waals surface area contributed by atoms with Crippen LogP contribution in [0.25, 0.3) is 10.8 Å². The third kappa shape index (κ3) is 1.84. The van der Waals surface area contributed by atoms with E-state index in [1.165, 1.54) is 10.3 Å². The quantitative estimate of drug-likeness (QED) is 0.723. The Hall–Kier alpha value is -1.64. The lowest BCUT2D eigenvalue weighted by molar-refractivity contribution is 0.222.